The second-order valence-corrected chi connectivity index (χ2v) is 6.95. The van der Waals surface area contributed by atoms with Gasteiger partial charge in [0.15, 0.2) is 0 Å². The lowest BCUT2D eigenvalue weighted by molar-refractivity contribution is -0.142. The highest BCUT2D eigenvalue weighted by Crippen LogP contribution is 2.29. The third-order valence-corrected chi connectivity index (χ3v) is 4.85. The standard InChI is InChI=1S/C18H20ClN3O3/c1-12-7-14(18(24)25)11-21(9-12)15-8-20-22(17(23)16(15)19)10-13-5-3-2-4-6-13/h2-6,8,12,14H,7,9-11H2,1H3,(H,24,25). The number of carboxylic acids is 1. The largest absolute Gasteiger partial charge is 0.481 e. The number of aliphatic carboxylic acids is 1. The van der Waals surface area contributed by atoms with E-state index in [0.29, 0.717) is 31.7 Å². The third kappa shape index (κ3) is 3.85. The van der Waals surface area contributed by atoms with Gasteiger partial charge in [-0.25, -0.2) is 4.68 Å². The van der Waals surface area contributed by atoms with Gasteiger partial charge in [0.2, 0.25) is 0 Å². The summed E-state index contributed by atoms with van der Waals surface area (Å²) in [5.74, 6) is -1.08. The zero-order valence-electron chi connectivity index (χ0n) is 13.9. The number of benzene rings is 1. The molecule has 0 spiro atoms. The minimum absolute atomic E-state index is 0.0872. The number of rotatable bonds is 4. The Bertz CT molecular complexity index is 822. The normalized spacial score (nSPS) is 20.5. The SMILES string of the molecule is CC1CC(C(=O)O)CN(c2cnn(Cc3ccccc3)c(=O)c2Cl)C1. The molecule has 0 aliphatic carbocycles. The van der Waals surface area contributed by atoms with Crippen molar-refractivity contribution in [2.75, 3.05) is 18.0 Å². The molecule has 0 radical (unpaired) electrons. The van der Waals surface area contributed by atoms with Crippen LogP contribution in [0.1, 0.15) is 18.9 Å². The number of hydrogen-bond donors (Lipinski definition) is 1. The predicted octanol–water partition coefficient (Wildman–Crippen LogP) is 2.49. The van der Waals surface area contributed by atoms with Crippen LogP contribution in [0.2, 0.25) is 5.02 Å². The summed E-state index contributed by atoms with van der Waals surface area (Å²) in [6.45, 7) is 3.34. The summed E-state index contributed by atoms with van der Waals surface area (Å²) in [5, 5.41) is 13.6. The summed E-state index contributed by atoms with van der Waals surface area (Å²) in [6, 6.07) is 9.54. The highest BCUT2D eigenvalue weighted by molar-refractivity contribution is 6.33. The van der Waals surface area contributed by atoms with Gasteiger partial charge < -0.3 is 10.0 Å². The summed E-state index contributed by atoms with van der Waals surface area (Å²) in [5.41, 5.74) is 1.10. The first-order chi connectivity index (χ1) is 12.0. The molecule has 132 valence electrons. The highest BCUT2D eigenvalue weighted by atomic mass is 35.5. The van der Waals surface area contributed by atoms with Crippen LogP contribution in [0, 0.1) is 11.8 Å². The van der Waals surface area contributed by atoms with Crippen LogP contribution >= 0.6 is 11.6 Å². The van der Waals surface area contributed by atoms with Crippen molar-refractivity contribution in [2.24, 2.45) is 11.8 Å². The minimum atomic E-state index is -0.821. The average molecular weight is 362 g/mol. The number of anilines is 1. The lowest BCUT2D eigenvalue weighted by Gasteiger charge is -2.36. The molecule has 2 unspecified atom stereocenters. The summed E-state index contributed by atoms with van der Waals surface area (Å²) < 4.78 is 1.32. The van der Waals surface area contributed by atoms with Crippen molar-refractivity contribution in [3.05, 3.63) is 57.5 Å². The van der Waals surface area contributed by atoms with Gasteiger partial charge in [0.1, 0.15) is 5.02 Å². The number of carboxylic acid groups (broad SMARTS) is 1. The Morgan fingerprint density at radius 1 is 1.32 bits per heavy atom. The zero-order valence-corrected chi connectivity index (χ0v) is 14.7. The van der Waals surface area contributed by atoms with Crippen molar-refractivity contribution in [1.29, 1.82) is 0 Å². The van der Waals surface area contributed by atoms with Crippen molar-refractivity contribution >= 4 is 23.3 Å². The Balaban J connectivity index is 1.87. The van der Waals surface area contributed by atoms with E-state index >= 15 is 0 Å². The minimum Gasteiger partial charge on any atom is -0.481 e. The molecule has 1 aliphatic rings. The van der Waals surface area contributed by atoms with Crippen LogP contribution in [0.25, 0.3) is 0 Å². The Kier molecular flexibility index (Phi) is 5.08. The molecule has 2 heterocycles. The average Bonchev–Trinajstić information content (AvgIpc) is 2.59. The van der Waals surface area contributed by atoms with Crippen LogP contribution in [-0.4, -0.2) is 33.9 Å². The first-order valence-electron chi connectivity index (χ1n) is 8.23. The van der Waals surface area contributed by atoms with Gasteiger partial charge in [0.25, 0.3) is 5.56 Å². The van der Waals surface area contributed by atoms with E-state index in [1.807, 2.05) is 42.2 Å². The van der Waals surface area contributed by atoms with E-state index in [4.69, 9.17) is 11.6 Å². The van der Waals surface area contributed by atoms with Crippen molar-refractivity contribution in [2.45, 2.75) is 19.9 Å². The molecule has 1 aromatic carbocycles. The van der Waals surface area contributed by atoms with Crippen LogP contribution in [0.5, 0.6) is 0 Å². The van der Waals surface area contributed by atoms with Gasteiger partial charge >= 0.3 is 5.97 Å². The number of halogens is 1. The molecular weight excluding hydrogens is 342 g/mol. The maximum atomic E-state index is 12.6. The van der Waals surface area contributed by atoms with Crippen LogP contribution < -0.4 is 10.5 Å². The van der Waals surface area contributed by atoms with E-state index in [0.717, 1.165) is 5.56 Å². The summed E-state index contributed by atoms with van der Waals surface area (Å²) >= 11 is 6.31. The fraction of sp³-hybridized carbons (Fsp3) is 0.389. The second-order valence-electron chi connectivity index (χ2n) is 6.57. The fourth-order valence-corrected chi connectivity index (χ4v) is 3.54. The zero-order chi connectivity index (χ0) is 18.0. The molecule has 3 rings (SSSR count). The molecule has 7 heteroatoms. The highest BCUT2D eigenvalue weighted by Gasteiger charge is 2.31. The van der Waals surface area contributed by atoms with Gasteiger partial charge in [0.05, 0.1) is 24.3 Å². The molecule has 0 saturated carbocycles. The molecule has 0 bridgehead atoms. The number of carbonyl (C=O) groups is 1. The molecule has 0 amide bonds. The summed E-state index contributed by atoms with van der Waals surface area (Å²) in [6.07, 6.45) is 2.19. The molecular formula is C18H20ClN3O3. The van der Waals surface area contributed by atoms with Crippen LogP contribution in [0.15, 0.2) is 41.3 Å². The van der Waals surface area contributed by atoms with E-state index in [2.05, 4.69) is 5.10 Å². The topological polar surface area (TPSA) is 75.4 Å². The first-order valence-corrected chi connectivity index (χ1v) is 8.60. The molecule has 1 aliphatic heterocycles. The van der Waals surface area contributed by atoms with Gasteiger partial charge in [-0.05, 0) is 17.9 Å². The Labute approximate surface area is 150 Å². The maximum Gasteiger partial charge on any atom is 0.308 e. The third-order valence-electron chi connectivity index (χ3n) is 4.49. The van der Waals surface area contributed by atoms with Crippen molar-refractivity contribution < 1.29 is 9.90 Å². The molecule has 25 heavy (non-hydrogen) atoms. The predicted molar refractivity (Wildman–Crippen MR) is 96.2 cm³/mol. The second kappa shape index (κ2) is 7.27. The quantitative estimate of drug-likeness (QED) is 0.905. The van der Waals surface area contributed by atoms with E-state index in [1.54, 1.807) is 6.20 Å². The number of aromatic nitrogens is 2. The number of hydrogen-bond acceptors (Lipinski definition) is 4. The van der Waals surface area contributed by atoms with Crippen LogP contribution in [-0.2, 0) is 11.3 Å². The van der Waals surface area contributed by atoms with E-state index in [9.17, 15) is 14.7 Å². The molecule has 2 atom stereocenters. The van der Waals surface area contributed by atoms with E-state index in [1.165, 1.54) is 4.68 Å². The van der Waals surface area contributed by atoms with Crippen LogP contribution in [0.3, 0.4) is 0 Å². The van der Waals surface area contributed by atoms with Gasteiger partial charge in [-0.2, -0.15) is 5.10 Å². The van der Waals surface area contributed by atoms with Crippen LogP contribution in [0.4, 0.5) is 5.69 Å². The van der Waals surface area contributed by atoms with Gasteiger partial charge in [-0.1, -0.05) is 48.9 Å². The van der Waals surface area contributed by atoms with Gasteiger partial charge in [-0.15, -0.1) is 0 Å². The van der Waals surface area contributed by atoms with Gasteiger partial charge in [-0.3, -0.25) is 9.59 Å². The molecule has 2 aromatic rings. The lowest BCUT2D eigenvalue weighted by Crippen LogP contribution is -2.43. The molecule has 1 saturated heterocycles. The van der Waals surface area contributed by atoms with Gasteiger partial charge in [0, 0.05) is 13.1 Å². The Hall–Kier alpha value is -2.34. The first kappa shape index (κ1) is 17.5. The molecule has 1 aromatic heterocycles. The summed E-state index contributed by atoms with van der Waals surface area (Å²) in [4.78, 5) is 25.8. The van der Waals surface area contributed by atoms with E-state index in [-0.39, 0.29) is 16.5 Å². The van der Waals surface area contributed by atoms with Crippen molar-refractivity contribution in [3.63, 3.8) is 0 Å². The van der Waals surface area contributed by atoms with Crippen molar-refractivity contribution in [1.82, 2.24) is 9.78 Å². The monoisotopic (exact) mass is 361 g/mol. The number of nitrogens with zero attached hydrogens (tertiary/aromatic N) is 3. The Morgan fingerprint density at radius 2 is 2.04 bits per heavy atom. The maximum absolute atomic E-state index is 12.6. The molecule has 6 nitrogen and oxygen atoms in total. The van der Waals surface area contributed by atoms with Crippen molar-refractivity contribution in [3.8, 4) is 0 Å². The Morgan fingerprint density at radius 3 is 2.72 bits per heavy atom. The molecule has 1 N–H and O–H groups in total. The van der Waals surface area contributed by atoms with E-state index < -0.39 is 11.9 Å². The summed E-state index contributed by atoms with van der Waals surface area (Å²) in [7, 11) is 0. The molecule has 1 fully saturated rings. The number of piperidine rings is 1. The lowest BCUT2D eigenvalue weighted by atomic mass is 9.90. The smallest absolute Gasteiger partial charge is 0.308 e. The fourth-order valence-electron chi connectivity index (χ4n) is 3.27.